The fourth-order valence-corrected chi connectivity index (χ4v) is 2.50. The maximum Gasteiger partial charge on any atom is 0.251 e. The van der Waals surface area contributed by atoms with Crippen LogP contribution in [0.15, 0.2) is 12.1 Å². The van der Waals surface area contributed by atoms with Gasteiger partial charge in [0.25, 0.3) is 5.91 Å². The van der Waals surface area contributed by atoms with Crippen LogP contribution >= 0.6 is 11.8 Å². The lowest BCUT2D eigenvalue weighted by Gasteiger charge is -2.15. The topological polar surface area (TPSA) is 54.0 Å². The Balaban J connectivity index is 2.93. The zero-order valence-electron chi connectivity index (χ0n) is 13.7. The van der Waals surface area contributed by atoms with Gasteiger partial charge in [-0.2, -0.15) is 11.8 Å². The van der Waals surface area contributed by atoms with Crippen molar-refractivity contribution in [2.45, 2.75) is 46.1 Å². The molecule has 0 bridgehead atoms. The minimum atomic E-state index is -0.0274. The summed E-state index contributed by atoms with van der Waals surface area (Å²) in [6, 6.07) is 3.89. The third kappa shape index (κ3) is 5.96. The van der Waals surface area contributed by atoms with Crippen molar-refractivity contribution in [2.24, 2.45) is 0 Å². The molecule has 1 heterocycles. The highest BCUT2D eigenvalue weighted by atomic mass is 32.2. The monoisotopic (exact) mass is 309 g/mol. The fraction of sp³-hybridized carbons (Fsp3) is 0.625. The first-order valence-corrected chi connectivity index (χ1v) is 8.93. The summed E-state index contributed by atoms with van der Waals surface area (Å²) in [6.45, 7) is 9.17. The Morgan fingerprint density at radius 3 is 2.62 bits per heavy atom. The molecule has 5 heteroatoms. The van der Waals surface area contributed by atoms with Crippen molar-refractivity contribution in [1.82, 2.24) is 10.3 Å². The SMILES string of the molecule is CCCNc1cc(C(=O)NC(C)CSC)cc(C(C)C)n1. The van der Waals surface area contributed by atoms with E-state index in [1.807, 2.05) is 25.3 Å². The molecule has 1 rings (SSSR count). The number of aromatic nitrogens is 1. The van der Waals surface area contributed by atoms with Gasteiger partial charge in [-0.1, -0.05) is 20.8 Å². The Hall–Kier alpha value is -1.23. The Morgan fingerprint density at radius 1 is 1.33 bits per heavy atom. The Bertz CT molecular complexity index is 463. The average Bonchev–Trinajstić information content (AvgIpc) is 2.44. The van der Waals surface area contributed by atoms with Crippen molar-refractivity contribution < 1.29 is 4.79 Å². The molecule has 0 aliphatic carbocycles. The summed E-state index contributed by atoms with van der Waals surface area (Å²) in [5.74, 6) is 1.96. The molecule has 21 heavy (non-hydrogen) atoms. The number of rotatable bonds is 8. The van der Waals surface area contributed by atoms with E-state index in [2.05, 4.69) is 36.4 Å². The molecule has 118 valence electrons. The third-order valence-corrected chi connectivity index (χ3v) is 3.88. The number of carbonyl (C=O) groups is 1. The highest BCUT2D eigenvalue weighted by Gasteiger charge is 2.13. The van der Waals surface area contributed by atoms with E-state index in [9.17, 15) is 4.79 Å². The number of thioether (sulfide) groups is 1. The molecule has 0 aliphatic rings. The van der Waals surface area contributed by atoms with Crippen molar-refractivity contribution in [3.63, 3.8) is 0 Å². The molecule has 0 spiro atoms. The second kappa shape index (κ2) is 8.93. The van der Waals surface area contributed by atoms with Crippen LogP contribution in [0.2, 0.25) is 0 Å². The number of anilines is 1. The molecule has 1 amide bonds. The van der Waals surface area contributed by atoms with Crippen LogP contribution in [-0.2, 0) is 0 Å². The predicted molar refractivity (Wildman–Crippen MR) is 92.4 cm³/mol. The van der Waals surface area contributed by atoms with E-state index in [4.69, 9.17) is 0 Å². The van der Waals surface area contributed by atoms with E-state index >= 15 is 0 Å². The Morgan fingerprint density at radius 2 is 2.05 bits per heavy atom. The standard InChI is InChI=1S/C16H27N3OS/c1-6-7-17-15-9-13(8-14(19-15)11(2)3)16(20)18-12(4)10-21-5/h8-9,11-12H,6-7,10H2,1-5H3,(H,17,19)(H,18,20). The highest BCUT2D eigenvalue weighted by Crippen LogP contribution is 2.18. The van der Waals surface area contributed by atoms with Gasteiger partial charge in [0.05, 0.1) is 0 Å². The Labute approximate surface area is 132 Å². The Kier molecular flexibility index (Phi) is 7.57. The minimum absolute atomic E-state index is 0.0274. The molecule has 0 fully saturated rings. The molecule has 1 unspecified atom stereocenters. The second-order valence-electron chi connectivity index (χ2n) is 5.58. The molecule has 1 aromatic rings. The van der Waals surface area contributed by atoms with Gasteiger partial charge < -0.3 is 10.6 Å². The van der Waals surface area contributed by atoms with Gasteiger partial charge in [-0.3, -0.25) is 4.79 Å². The lowest BCUT2D eigenvalue weighted by Crippen LogP contribution is -2.34. The molecule has 4 nitrogen and oxygen atoms in total. The van der Waals surface area contributed by atoms with E-state index in [0.29, 0.717) is 11.5 Å². The van der Waals surface area contributed by atoms with E-state index in [0.717, 1.165) is 30.2 Å². The third-order valence-electron chi connectivity index (χ3n) is 3.05. The number of pyridine rings is 1. The number of hydrogen-bond donors (Lipinski definition) is 2. The summed E-state index contributed by atoms with van der Waals surface area (Å²) in [7, 11) is 0. The van der Waals surface area contributed by atoms with Gasteiger partial charge in [-0.15, -0.1) is 0 Å². The van der Waals surface area contributed by atoms with Crippen LogP contribution in [0, 0.1) is 0 Å². The molecule has 1 aromatic heterocycles. The normalized spacial score (nSPS) is 12.3. The summed E-state index contributed by atoms with van der Waals surface area (Å²) in [6.07, 6.45) is 3.07. The predicted octanol–water partition coefficient (Wildman–Crippen LogP) is 3.51. The lowest BCUT2D eigenvalue weighted by molar-refractivity contribution is 0.0943. The van der Waals surface area contributed by atoms with Crippen molar-refractivity contribution in [3.05, 3.63) is 23.4 Å². The molecule has 0 saturated heterocycles. The molecule has 0 aromatic carbocycles. The van der Waals surface area contributed by atoms with Crippen LogP contribution in [0.5, 0.6) is 0 Å². The number of hydrogen-bond acceptors (Lipinski definition) is 4. The zero-order valence-corrected chi connectivity index (χ0v) is 14.5. The smallest absolute Gasteiger partial charge is 0.251 e. The zero-order chi connectivity index (χ0) is 15.8. The molecule has 0 aliphatic heterocycles. The highest BCUT2D eigenvalue weighted by molar-refractivity contribution is 7.98. The average molecular weight is 309 g/mol. The minimum Gasteiger partial charge on any atom is -0.370 e. The van der Waals surface area contributed by atoms with Gasteiger partial charge >= 0.3 is 0 Å². The lowest BCUT2D eigenvalue weighted by atomic mass is 10.1. The number of nitrogens with one attached hydrogen (secondary N) is 2. The molecular weight excluding hydrogens is 282 g/mol. The molecular formula is C16H27N3OS. The van der Waals surface area contributed by atoms with Crippen molar-refractivity contribution >= 4 is 23.5 Å². The van der Waals surface area contributed by atoms with Gasteiger partial charge in [0.1, 0.15) is 5.82 Å². The number of carbonyl (C=O) groups excluding carboxylic acids is 1. The summed E-state index contributed by atoms with van der Waals surface area (Å²) < 4.78 is 0. The van der Waals surface area contributed by atoms with Gasteiger partial charge in [-0.25, -0.2) is 4.98 Å². The van der Waals surface area contributed by atoms with Crippen molar-refractivity contribution in [3.8, 4) is 0 Å². The van der Waals surface area contributed by atoms with Crippen LogP contribution in [0.25, 0.3) is 0 Å². The van der Waals surface area contributed by atoms with Gasteiger partial charge in [0.15, 0.2) is 0 Å². The van der Waals surface area contributed by atoms with E-state index in [1.165, 1.54) is 0 Å². The maximum absolute atomic E-state index is 12.4. The first-order valence-electron chi connectivity index (χ1n) is 7.53. The number of nitrogens with zero attached hydrogens (tertiary/aromatic N) is 1. The second-order valence-corrected chi connectivity index (χ2v) is 6.49. The van der Waals surface area contributed by atoms with Crippen LogP contribution in [0.1, 0.15) is 56.1 Å². The van der Waals surface area contributed by atoms with Crippen molar-refractivity contribution in [1.29, 1.82) is 0 Å². The van der Waals surface area contributed by atoms with Crippen LogP contribution < -0.4 is 10.6 Å². The largest absolute Gasteiger partial charge is 0.370 e. The van der Waals surface area contributed by atoms with Gasteiger partial charge in [0.2, 0.25) is 0 Å². The van der Waals surface area contributed by atoms with Crippen LogP contribution in [-0.4, -0.2) is 35.5 Å². The van der Waals surface area contributed by atoms with Gasteiger partial charge in [0, 0.05) is 29.6 Å². The summed E-state index contributed by atoms with van der Waals surface area (Å²) in [5.41, 5.74) is 1.62. The van der Waals surface area contributed by atoms with E-state index in [1.54, 1.807) is 11.8 Å². The van der Waals surface area contributed by atoms with Crippen LogP contribution in [0.3, 0.4) is 0 Å². The molecule has 1 atom stereocenters. The summed E-state index contributed by atoms with van der Waals surface area (Å²) >= 11 is 1.73. The summed E-state index contributed by atoms with van der Waals surface area (Å²) in [5, 5.41) is 6.30. The van der Waals surface area contributed by atoms with E-state index in [-0.39, 0.29) is 11.9 Å². The summed E-state index contributed by atoms with van der Waals surface area (Å²) in [4.78, 5) is 16.9. The fourth-order valence-electron chi connectivity index (χ4n) is 1.92. The quantitative estimate of drug-likeness (QED) is 0.771. The molecule has 0 radical (unpaired) electrons. The maximum atomic E-state index is 12.4. The molecule has 2 N–H and O–H groups in total. The number of amides is 1. The van der Waals surface area contributed by atoms with Crippen LogP contribution in [0.4, 0.5) is 5.82 Å². The first-order chi connectivity index (χ1) is 9.97. The van der Waals surface area contributed by atoms with E-state index < -0.39 is 0 Å². The van der Waals surface area contributed by atoms with Crippen molar-refractivity contribution in [2.75, 3.05) is 23.9 Å². The first kappa shape index (κ1) is 17.8. The van der Waals surface area contributed by atoms with Gasteiger partial charge in [-0.05, 0) is 37.7 Å². The molecule has 0 saturated carbocycles.